The zero-order valence-electron chi connectivity index (χ0n) is 15.5. The van der Waals surface area contributed by atoms with Crippen molar-refractivity contribution in [2.45, 2.75) is 26.3 Å². The summed E-state index contributed by atoms with van der Waals surface area (Å²) in [5.74, 6) is -0.541. The molecular formula is C19H20ClN5O3. The van der Waals surface area contributed by atoms with Crippen LogP contribution in [0.2, 0.25) is 5.15 Å². The van der Waals surface area contributed by atoms with Crippen LogP contribution >= 0.6 is 11.6 Å². The van der Waals surface area contributed by atoms with E-state index in [2.05, 4.69) is 9.97 Å². The molecular weight excluding hydrogens is 382 g/mol. The van der Waals surface area contributed by atoms with Gasteiger partial charge in [-0.1, -0.05) is 43.1 Å². The number of aromatic nitrogens is 3. The molecule has 0 unspecified atom stereocenters. The number of nitrogens with zero attached hydrogens (tertiary/aromatic N) is 3. The fraction of sp³-hybridized carbons (Fsp3) is 0.263. The predicted molar refractivity (Wildman–Crippen MR) is 110 cm³/mol. The molecule has 0 radical (unpaired) electrons. The molecule has 146 valence electrons. The molecule has 0 atom stereocenters. The van der Waals surface area contributed by atoms with Crippen molar-refractivity contribution >= 4 is 39.9 Å². The average molecular weight is 402 g/mol. The maximum absolute atomic E-state index is 13.2. The van der Waals surface area contributed by atoms with Gasteiger partial charge in [0, 0.05) is 19.0 Å². The van der Waals surface area contributed by atoms with Gasteiger partial charge in [-0.2, -0.15) is 0 Å². The first-order valence-electron chi connectivity index (χ1n) is 8.81. The number of pyridine rings is 1. The lowest BCUT2D eigenvalue weighted by Crippen LogP contribution is -2.39. The lowest BCUT2D eigenvalue weighted by Gasteiger charge is -2.21. The predicted octanol–water partition coefficient (Wildman–Crippen LogP) is 2.40. The van der Waals surface area contributed by atoms with Gasteiger partial charge in [0.25, 0.3) is 11.5 Å². The smallest absolute Gasteiger partial charge is 0.330 e. The Balaban J connectivity index is 2.13. The van der Waals surface area contributed by atoms with E-state index >= 15 is 0 Å². The summed E-state index contributed by atoms with van der Waals surface area (Å²) in [6.07, 6.45) is 1.55. The number of rotatable bonds is 5. The molecule has 28 heavy (non-hydrogen) atoms. The minimum absolute atomic E-state index is 0.0532. The highest BCUT2D eigenvalue weighted by Crippen LogP contribution is 2.24. The number of carbonyl (C=O) groups is 1. The summed E-state index contributed by atoms with van der Waals surface area (Å²) in [7, 11) is 1.43. The highest BCUT2D eigenvalue weighted by Gasteiger charge is 2.23. The molecule has 3 rings (SSSR count). The third-order valence-electron chi connectivity index (χ3n) is 4.50. The average Bonchev–Trinajstić information content (AvgIpc) is 2.66. The number of amides is 1. The molecule has 0 aliphatic carbocycles. The number of para-hydroxylation sites is 1. The zero-order chi connectivity index (χ0) is 20.4. The standard InChI is InChI=1S/C19H20ClN5O3/c1-3-4-9-25-16(21)15(17(26)23-19(25)28)24(2)18(27)12-10-14(20)22-13-8-6-5-7-11(12)13/h5-8,10H,3-4,9,21H2,1-2H3,(H,23,26,28). The van der Waals surface area contributed by atoms with Crippen molar-refractivity contribution in [1.29, 1.82) is 0 Å². The van der Waals surface area contributed by atoms with Gasteiger partial charge in [0.2, 0.25) is 0 Å². The lowest BCUT2D eigenvalue weighted by atomic mass is 10.1. The Bertz CT molecular complexity index is 1170. The SMILES string of the molecule is CCCCn1c(N)c(N(C)C(=O)c2cc(Cl)nc3ccccc23)c(=O)[nH]c1=O. The van der Waals surface area contributed by atoms with Crippen molar-refractivity contribution in [1.82, 2.24) is 14.5 Å². The number of nitrogens with one attached hydrogen (secondary N) is 1. The van der Waals surface area contributed by atoms with Crippen molar-refractivity contribution in [3.8, 4) is 0 Å². The van der Waals surface area contributed by atoms with Gasteiger partial charge in [-0.05, 0) is 18.6 Å². The Hall–Kier alpha value is -3.13. The van der Waals surface area contributed by atoms with Crippen LogP contribution in [0.4, 0.5) is 11.5 Å². The highest BCUT2D eigenvalue weighted by atomic mass is 35.5. The van der Waals surface area contributed by atoms with Gasteiger partial charge in [-0.3, -0.25) is 19.1 Å². The number of H-pyrrole nitrogens is 1. The summed E-state index contributed by atoms with van der Waals surface area (Å²) in [5.41, 5.74) is 5.52. The molecule has 1 aromatic carbocycles. The maximum Gasteiger partial charge on any atom is 0.330 e. The van der Waals surface area contributed by atoms with E-state index in [0.717, 1.165) is 11.3 Å². The first kappa shape index (κ1) is 19.6. The summed E-state index contributed by atoms with van der Waals surface area (Å²) in [6.45, 7) is 2.32. The van der Waals surface area contributed by atoms with Crippen LogP contribution in [0.5, 0.6) is 0 Å². The molecule has 0 spiro atoms. The first-order chi connectivity index (χ1) is 13.3. The Morgan fingerprint density at radius 3 is 2.75 bits per heavy atom. The number of aromatic amines is 1. The maximum atomic E-state index is 13.2. The number of unbranched alkanes of at least 4 members (excludes halogenated alkanes) is 1. The Labute approximate surface area is 165 Å². The van der Waals surface area contributed by atoms with Crippen molar-refractivity contribution in [2.24, 2.45) is 0 Å². The summed E-state index contributed by atoms with van der Waals surface area (Å²) in [5, 5.41) is 0.753. The number of hydrogen-bond donors (Lipinski definition) is 2. The number of carbonyl (C=O) groups excluding carboxylic acids is 1. The zero-order valence-corrected chi connectivity index (χ0v) is 16.3. The van der Waals surface area contributed by atoms with Crippen LogP contribution in [0.1, 0.15) is 30.1 Å². The number of anilines is 2. The van der Waals surface area contributed by atoms with E-state index in [1.54, 1.807) is 24.3 Å². The van der Waals surface area contributed by atoms with Gasteiger partial charge >= 0.3 is 5.69 Å². The summed E-state index contributed by atoms with van der Waals surface area (Å²) in [4.78, 5) is 45.2. The molecule has 9 heteroatoms. The van der Waals surface area contributed by atoms with Crippen LogP contribution in [0.3, 0.4) is 0 Å². The van der Waals surface area contributed by atoms with E-state index < -0.39 is 17.2 Å². The van der Waals surface area contributed by atoms with Gasteiger partial charge in [0.15, 0.2) is 5.69 Å². The third kappa shape index (κ3) is 3.50. The van der Waals surface area contributed by atoms with Crippen LogP contribution in [-0.4, -0.2) is 27.5 Å². The third-order valence-corrected chi connectivity index (χ3v) is 4.70. The first-order valence-corrected chi connectivity index (χ1v) is 9.18. The minimum Gasteiger partial charge on any atom is -0.383 e. The molecule has 2 heterocycles. The molecule has 0 aliphatic rings. The second-order valence-corrected chi connectivity index (χ2v) is 6.76. The molecule has 0 saturated carbocycles. The second-order valence-electron chi connectivity index (χ2n) is 6.37. The summed E-state index contributed by atoms with van der Waals surface area (Å²) < 4.78 is 1.27. The molecule has 0 aliphatic heterocycles. The van der Waals surface area contributed by atoms with Gasteiger partial charge < -0.3 is 10.6 Å². The number of nitrogen functional groups attached to an aromatic ring is 1. The second kappa shape index (κ2) is 7.85. The fourth-order valence-electron chi connectivity index (χ4n) is 3.04. The van der Waals surface area contributed by atoms with Gasteiger partial charge in [0.1, 0.15) is 11.0 Å². The largest absolute Gasteiger partial charge is 0.383 e. The van der Waals surface area contributed by atoms with E-state index in [1.165, 1.54) is 17.7 Å². The van der Waals surface area contributed by atoms with Gasteiger partial charge in [-0.25, -0.2) is 9.78 Å². The van der Waals surface area contributed by atoms with Gasteiger partial charge in [0.05, 0.1) is 11.1 Å². The number of hydrogen-bond acceptors (Lipinski definition) is 5. The van der Waals surface area contributed by atoms with Crippen molar-refractivity contribution in [2.75, 3.05) is 17.7 Å². The summed E-state index contributed by atoms with van der Waals surface area (Å²) >= 11 is 6.06. The van der Waals surface area contributed by atoms with Gasteiger partial charge in [-0.15, -0.1) is 0 Å². The quantitative estimate of drug-likeness (QED) is 0.637. The topological polar surface area (TPSA) is 114 Å². The van der Waals surface area contributed by atoms with E-state index in [0.29, 0.717) is 23.9 Å². The van der Waals surface area contributed by atoms with Crippen molar-refractivity contribution < 1.29 is 4.79 Å². The van der Waals surface area contributed by atoms with Crippen LogP contribution in [0, 0.1) is 0 Å². The summed E-state index contributed by atoms with van der Waals surface area (Å²) in [6, 6.07) is 8.50. The minimum atomic E-state index is -0.726. The molecule has 2 aromatic heterocycles. The number of nitrogens with two attached hydrogens (primary N) is 1. The lowest BCUT2D eigenvalue weighted by molar-refractivity contribution is 0.0994. The molecule has 0 fully saturated rings. The van der Waals surface area contributed by atoms with Crippen molar-refractivity contribution in [3.05, 3.63) is 61.9 Å². The normalized spacial score (nSPS) is 11.0. The van der Waals surface area contributed by atoms with E-state index in [-0.39, 0.29) is 22.2 Å². The number of fused-ring (bicyclic) bond motifs is 1. The molecule has 8 nitrogen and oxygen atoms in total. The molecule has 1 amide bonds. The van der Waals surface area contributed by atoms with Crippen LogP contribution in [0.25, 0.3) is 10.9 Å². The monoisotopic (exact) mass is 401 g/mol. The van der Waals surface area contributed by atoms with Crippen LogP contribution in [-0.2, 0) is 6.54 Å². The Kier molecular flexibility index (Phi) is 5.51. The molecule has 0 saturated heterocycles. The Morgan fingerprint density at radius 1 is 1.32 bits per heavy atom. The van der Waals surface area contributed by atoms with Crippen LogP contribution < -0.4 is 21.9 Å². The highest BCUT2D eigenvalue weighted by molar-refractivity contribution is 6.30. The fourth-order valence-corrected chi connectivity index (χ4v) is 3.24. The Morgan fingerprint density at radius 2 is 2.04 bits per heavy atom. The van der Waals surface area contributed by atoms with Crippen LogP contribution in [0.15, 0.2) is 39.9 Å². The molecule has 3 N–H and O–H groups in total. The van der Waals surface area contributed by atoms with E-state index in [4.69, 9.17) is 17.3 Å². The molecule has 0 bridgehead atoms. The van der Waals surface area contributed by atoms with E-state index in [9.17, 15) is 14.4 Å². The molecule has 3 aromatic rings. The number of halogens is 1. The van der Waals surface area contributed by atoms with E-state index in [1.807, 2.05) is 6.92 Å². The van der Waals surface area contributed by atoms with Crippen molar-refractivity contribution in [3.63, 3.8) is 0 Å². The number of benzene rings is 1.